The number of anilines is 2. The highest BCUT2D eigenvalue weighted by Gasteiger charge is 2.44. The zero-order chi connectivity index (χ0) is 22.0. The molecular weight excluding hydrogens is 411 g/mol. The van der Waals surface area contributed by atoms with Crippen LogP contribution in [-0.4, -0.2) is 50.6 Å². The topological polar surface area (TPSA) is 118 Å². The zero-order valence-corrected chi connectivity index (χ0v) is 17.8. The highest BCUT2D eigenvalue weighted by Crippen LogP contribution is 2.44. The van der Waals surface area contributed by atoms with Crippen molar-refractivity contribution in [2.45, 2.75) is 31.8 Å². The smallest absolute Gasteiger partial charge is 0.326 e. The first kappa shape index (κ1) is 19.2. The first-order valence-electron chi connectivity index (χ1n) is 10.7. The van der Waals surface area contributed by atoms with Crippen molar-refractivity contribution in [2.24, 2.45) is 11.7 Å². The molecule has 3 unspecified atom stereocenters. The molecular formula is C22H23FN8O. The Kier molecular flexibility index (Phi) is 4.19. The van der Waals surface area contributed by atoms with Gasteiger partial charge in [0.15, 0.2) is 5.75 Å². The lowest BCUT2D eigenvalue weighted by atomic mass is 10.1. The molecule has 1 saturated carbocycles. The van der Waals surface area contributed by atoms with E-state index in [0.29, 0.717) is 34.6 Å². The summed E-state index contributed by atoms with van der Waals surface area (Å²) in [5.74, 6) is 2.00. The number of ether oxygens (including phenoxy) is 1. The lowest BCUT2D eigenvalue weighted by Crippen LogP contribution is -2.46. The summed E-state index contributed by atoms with van der Waals surface area (Å²) in [6, 6.07) is 3.43. The minimum Gasteiger partial charge on any atom is -0.421 e. The van der Waals surface area contributed by atoms with Crippen molar-refractivity contribution in [1.29, 1.82) is 0 Å². The van der Waals surface area contributed by atoms with Crippen molar-refractivity contribution in [1.82, 2.24) is 24.9 Å². The van der Waals surface area contributed by atoms with Crippen LogP contribution in [0.3, 0.4) is 0 Å². The van der Waals surface area contributed by atoms with Gasteiger partial charge < -0.3 is 25.7 Å². The number of nitrogens with two attached hydrogens (primary N) is 1. The van der Waals surface area contributed by atoms with E-state index in [1.807, 2.05) is 0 Å². The van der Waals surface area contributed by atoms with Gasteiger partial charge in [-0.3, -0.25) is 0 Å². The molecule has 0 amide bonds. The second-order valence-corrected chi connectivity index (χ2v) is 8.59. The number of aryl methyl sites for hydroxylation is 1. The van der Waals surface area contributed by atoms with Crippen molar-refractivity contribution >= 4 is 33.4 Å². The Labute approximate surface area is 183 Å². The highest BCUT2D eigenvalue weighted by molar-refractivity contribution is 6.14. The number of nitrogens with zero attached hydrogens (tertiary/aromatic N) is 5. The molecule has 2 bridgehead atoms. The predicted molar refractivity (Wildman–Crippen MR) is 120 cm³/mol. The Morgan fingerprint density at radius 3 is 2.75 bits per heavy atom. The van der Waals surface area contributed by atoms with E-state index in [1.165, 1.54) is 12.1 Å². The van der Waals surface area contributed by atoms with E-state index >= 15 is 0 Å². The van der Waals surface area contributed by atoms with Gasteiger partial charge in [0, 0.05) is 31.1 Å². The Morgan fingerprint density at radius 2 is 2.03 bits per heavy atom. The molecule has 32 heavy (non-hydrogen) atoms. The molecule has 2 fully saturated rings. The Hall–Kier alpha value is -3.53. The van der Waals surface area contributed by atoms with E-state index in [2.05, 4.69) is 30.2 Å². The number of fused-ring (bicyclic) bond motifs is 5. The Bertz CT molecular complexity index is 1340. The van der Waals surface area contributed by atoms with Crippen molar-refractivity contribution < 1.29 is 9.13 Å². The summed E-state index contributed by atoms with van der Waals surface area (Å²) in [6.07, 6.45) is 5.23. The van der Waals surface area contributed by atoms with Gasteiger partial charge in [-0.1, -0.05) is 0 Å². The Morgan fingerprint density at radius 1 is 1.22 bits per heavy atom. The van der Waals surface area contributed by atoms with E-state index < -0.39 is 0 Å². The minimum absolute atomic E-state index is 0.0865. The molecule has 1 saturated heterocycles. The van der Waals surface area contributed by atoms with E-state index in [0.717, 1.165) is 35.7 Å². The summed E-state index contributed by atoms with van der Waals surface area (Å²) in [7, 11) is 1.76. The lowest BCUT2D eigenvalue weighted by Gasteiger charge is -2.32. The third-order valence-corrected chi connectivity index (χ3v) is 6.52. The molecule has 6 rings (SSSR count). The fourth-order valence-corrected chi connectivity index (χ4v) is 5.13. The third kappa shape index (κ3) is 2.94. The molecule has 1 aliphatic heterocycles. The maximum atomic E-state index is 14.4. The summed E-state index contributed by atoms with van der Waals surface area (Å²) in [5.41, 5.74) is 8.41. The van der Waals surface area contributed by atoms with E-state index in [9.17, 15) is 4.39 Å². The fraction of sp³-hybridized carbons (Fsp3) is 0.364. The maximum absolute atomic E-state index is 14.4. The van der Waals surface area contributed by atoms with Crippen LogP contribution in [0.15, 0.2) is 24.5 Å². The maximum Gasteiger partial charge on any atom is 0.326 e. The normalized spacial score (nSPS) is 22.2. The number of aromatic nitrogens is 5. The molecule has 1 aliphatic carbocycles. The van der Waals surface area contributed by atoms with Gasteiger partial charge in [-0.15, -0.1) is 0 Å². The van der Waals surface area contributed by atoms with Crippen LogP contribution in [0.1, 0.15) is 18.7 Å². The van der Waals surface area contributed by atoms with Crippen LogP contribution in [0.4, 0.5) is 15.9 Å². The molecule has 1 aromatic carbocycles. The fourth-order valence-electron chi connectivity index (χ4n) is 5.13. The first-order chi connectivity index (χ1) is 15.5. The first-order valence-corrected chi connectivity index (χ1v) is 10.7. The molecule has 10 heteroatoms. The number of hydrogen-bond acceptors (Lipinski definition) is 8. The third-order valence-electron chi connectivity index (χ3n) is 6.52. The van der Waals surface area contributed by atoms with Crippen molar-refractivity contribution in [2.75, 3.05) is 23.8 Å². The quantitative estimate of drug-likeness (QED) is 0.448. The number of benzene rings is 1. The number of nitrogens with one attached hydrogen (secondary N) is 2. The monoisotopic (exact) mass is 434 g/mol. The molecule has 2 aliphatic rings. The molecule has 164 valence electrons. The van der Waals surface area contributed by atoms with E-state index in [1.54, 1.807) is 26.4 Å². The van der Waals surface area contributed by atoms with Crippen molar-refractivity contribution in [3.63, 3.8) is 0 Å². The summed E-state index contributed by atoms with van der Waals surface area (Å²) < 4.78 is 20.4. The van der Waals surface area contributed by atoms with Gasteiger partial charge in [0.25, 0.3) is 0 Å². The molecule has 4 N–H and O–H groups in total. The Balaban J connectivity index is 1.56. The standard InChI is InChI=1S/C22H23FN8O/c1-10-26-7-13(8-27-10)32-22-29-20-18(14-5-12(23)6-16(25-2)19(14)28-20)21(30-22)31-9-11-3-15(24)17(31)4-11/h5-8,11,15,17,25H,3-4,9,24H2,1-2H3,(H,28,29,30). The SMILES string of the molecule is CNc1cc(F)cc2c1[nH]c1nc(Oc3cnc(C)nc3)nc(N3CC4CC(N)C3C4)c12. The van der Waals surface area contributed by atoms with Crippen molar-refractivity contribution in [3.05, 3.63) is 36.2 Å². The van der Waals surface area contributed by atoms with Crippen LogP contribution in [-0.2, 0) is 0 Å². The number of hydrogen-bond donors (Lipinski definition) is 3. The van der Waals surface area contributed by atoms with Gasteiger partial charge in [0.2, 0.25) is 0 Å². The van der Waals surface area contributed by atoms with E-state index in [4.69, 9.17) is 15.5 Å². The molecule has 0 radical (unpaired) electrons. The van der Waals surface area contributed by atoms with Gasteiger partial charge in [-0.2, -0.15) is 9.97 Å². The second kappa shape index (κ2) is 6.99. The van der Waals surface area contributed by atoms with Crippen LogP contribution in [0.25, 0.3) is 21.9 Å². The molecule has 0 spiro atoms. The summed E-state index contributed by atoms with van der Waals surface area (Å²) in [6.45, 7) is 2.66. The summed E-state index contributed by atoms with van der Waals surface area (Å²) in [5, 5.41) is 4.54. The van der Waals surface area contributed by atoms with Crippen LogP contribution < -0.4 is 20.7 Å². The van der Waals surface area contributed by atoms with Crippen molar-refractivity contribution in [3.8, 4) is 11.8 Å². The predicted octanol–water partition coefficient (Wildman–Crippen LogP) is 3.11. The van der Waals surface area contributed by atoms with Crippen LogP contribution >= 0.6 is 0 Å². The van der Waals surface area contributed by atoms with Crippen LogP contribution in [0.5, 0.6) is 11.8 Å². The second-order valence-electron chi connectivity index (χ2n) is 8.59. The van der Waals surface area contributed by atoms with Gasteiger partial charge in [0.1, 0.15) is 23.1 Å². The van der Waals surface area contributed by atoms with Gasteiger partial charge in [-0.05, 0) is 37.8 Å². The lowest BCUT2D eigenvalue weighted by molar-refractivity contribution is 0.436. The minimum atomic E-state index is -0.328. The molecule has 9 nitrogen and oxygen atoms in total. The largest absolute Gasteiger partial charge is 0.421 e. The molecule has 4 heterocycles. The summed E-state index contributed by atoms with van der Waals surface area (Å²) >= 11 is 0. The van der Waals surface area contributed by atoms with Crippen LogP contribution in [0.2, 0.25) is 0 Å². The van der Waals surface area contributed by atoms with Crippen LogP contribution in [0, 0.1) is 18.7 Å². The van der Waals surface area contributed by atoms with E-state index in [-0.39, 0.29) is 23.9 Å². The molecule has 3 aromatic heterocycles. The molecule has 3 atom stereocenters. The average Bonchev–Trinajstić information content (AvgIpc) is 3.46. The number of piperidine rings is 1. The number of aromatic amines is 1. The highest BCUT2D eigenvalue weighted by atomic mass is 19.1. The number of rotatable bonds is 4. The average molecular weight is 434 g/mol. The van der Waals surface area contributed by atoms with Gasteiger partial charge >= 0.3 is 6.01 Å². The number of halogens is 1. The van der Waals surface area contributed by atoms with Gasteiger partial charge in [0.05, 0.1) is 29.0 Å². The van der Waals surface area contributed by atoms with Gasteiger partial charge in [-0.25, -0.2) is 14.4 Å². The summed E-state index contributed by atoms with van der Waals surface area (Å²) in [4.78, 5) is 23.3. The molecule has 4 aromatic rings. The number of H-pyrrole nitrogens is 1. The zero-order valence-electron chi connectivity index (χ0n) is 17.8.